The third-order valence-electron chi connectivity index (χ3n) is 4.78. The molecule has 28 heavy (non-hydrogen) atoms. The number of thiazole rings is 1. The molecule has 1 aliphatic rings. The summed E-state index contributed by atoms with van der Waals surface area (Å²) < 4.78 is 5.73. The number of amides is 1. The van der Waals surface area contributed by atoms with Crippen molar-refractivity contribution in [2.75, 3.05) is 13.1 Å². The number of aryl methyl sites for hydroxylation is 1. The van der Waals surface area contributed by atoms with Gasteiger partial charge in [0, 0.05) is 24.2 Å². The summed E-state index contributed by atoms with van der Waals surface area (Å²) in [5.41, 5.74) is 6.75. The highest BCUT2D eigenvalue weighted by atomic mass is 35.5. The molecule has 2 heterocycles. The van der Waals surface area contributed by atoms with Gasteiger partial charge >= 0.3 is 0 Å². The van der Waals surface area contributed by atoms with Crippen molar-refractivity contribution in [1.29, 1.82) is 0 Å². The number of ether oxygens (including phenoxy) is 1. The molecule has 0 saturated carbocycles. The van der Waals surface area contributed by atoms with Crippen molar-refractivity contribution < 1.29 is 9.53 Å². The highest BCUT2D eigenvalue weighted by molar-refractivity contribution is 7.13. The van der Waals surface area contributed by atoms with Gasteiger partial charge in [0.25, 0.3) is 5.91 Å². The second-order valence-corrected chi connectivity index (χ2v) is 8.27. The number of halogens is 3. The second kappa shape index (κ2) is 11.2. The van der Waals surface area contributed by atoms with Gasteiger partial charge in [-0.05, 0) is 56.9 Å². The molecule has 9 heteroatoms. The Kier molecular flexibility index (Phi) is 10.0. The van der Waals surface area contributed by atoms with Crippen LogP contribution in [0.25, 0.3) is 0 Å². The highest BCUT2D eigenvalue weighted by Gasteiger charge is 2.27. The predicted octanol–water partition coefficient (Wildman–Crippen LogP) is 4.73. The normalized spacial score (nSPS) is 15.4. The molecule has 1 aromatic carbocycles. The number of carbonyl (C=O) groups excluding carboxylic acids is 1. The van der Waals surface area contributed by atoms with E-state index in [0.29, 0.717) is 22.4 Å². The Bertz CT molecular complexity index is 760. The number of nitrogens with zero attached hydrogens (tertiary/aromatic N) is 2. The first-order chi connectivity index (χ1) is 12.4. The van der Waals surface area contributed by atoms with E-state index in [-0.39, 0.29) is 36.8 Å². The topological polar surface area (TPSA) is 68.5 Å². The minimum absolute atomic E-state index is 0. The molecule has 1 aromatic heterocycles. The van der Waals surface area contributed by atoms with Crippen LogP contribution in [-0.2, 0) is 6.61 Å². The molecule has 1 amide bonds. The van der Waals surface area contributed by atoms with Crippen molar-refractivity contribution >= 4 is 53.7 Å². The van der Waals surface area contributed by atoms with E-state index in [1.807, 2.05) is 30.9 Å². The average Bonchev–Trinajstić information content (AvgIpc) is 3.01. The molecule has 3 rings (SSSR count). The fourth-order valence-corrected chi connectivity index (χ4v) is 4.23. The lowest BCUT2D eigenvalue weighted by Crippen LogP contribution is -2.42. The number of aromatic nitrogens is 1. The molecule has 0 aliphatic carbocycles. The van der Waals surface area contributed by atoms with E-state index >= 15 is 0 Å². The van der Waals surface area contributed by atoms with Crippen LogP contribution in [0.4, 0.5) is 0 Å². The third-order valence-corrected chi connectivity index (χ3v) is 6.15. The smallest absolute Gasteiger partial charge is 0.265 e. The summed E-state index contributed by atoms with van der Waals surface area (Å²) in [6.45, 7) is 5.79. The Morgan fingerprint density at radius 3 is 2.50 bits per heavy atom. The molecule has 0 bridgehead atoms. The fraction of sp³-hybridized carbons (Fsp3) is 0.474. The van der Waals surface area contributed by atoms with Crippen LogP contribution >= 0.6 is 47.8 Å². The Morgan fingerprint density at radius 2 is 1.93 bits per heavy atom. The van der Waals surface area contributed by atoms with Gasteiger partial charge in [-0.2, -0.15) is 0 Å². The molecular weight excluding hydrogens is 441 g/mol. The van der Waals surface area contributed by atoms with E-state index in [1.165, 1.54) is 11.3 Å². The maximum absolute atomic E-state index is 12.8. The van der Waals surface area contributed by atoms with E-state index in [9.17, 15) is 4.79 Å². The van der Waals surface area contributed by atoms with Crippen LogP contribution in [0.5, 0.6) is 5.75 Å². The maximum atomic E-state index is 12.8. The van der Waals surface area contributed by atoms with Crippen LogP contribution in [0, 0.1) is 12.8 Å². The molecule has 1 atom stereocenters. The summed E-state index contributed by atoms with van der Waals surface area (Å²) in [6, 6.07) is 7.39. The highest BCUT2D eigenvalue weighted by Crippen LogP contribution is 2.26. The number of piperidine rings is 1. The summed E-state index contributed by atoms with van der Waals surface area (Å²) in [4.78, 5) is 20.0. The summed E-state index contributed by atoms with van der Waals surface area (Å²) in [5, 5.41) is 1.47. The van der Waals surface area contributed by atoms with Gasteiger partial charge in [-0.1, -0.05) is 11.6 Å². The minimum Gasteiger partial charge on any atom is -0.486 e. The van der Waals surface area contributed by atoms with Crippen molar-refractivity contribution in [3.8, 4) is 5.75 Å². The predicted molar refractivity (Wildman–Crippen MR) is 119 cm³/mol. The molecule has 156 valence electrons. The quantitative estimate of drug-likeness (QED) is 0.692. The Hall–Kier alpha value is -1.05. The van der Waals surface area contributed by atoms with E-state index in [0.717, 1.165) is 42.4 Å². The molecule has 0 radical (unpaired) electrons. The van der Waals surface area contributed by atoms with Gasteiger partial charge in [-0.25, -0.2) is 4.98 Å². The van der Waals surface area contributed by atoms with Crippen molar-refractivity contribution in [3.05, 3.63) is 44.9 Å². The lowest BCUT2D eigenvalue weighted by molar-refractivity contribution is 0.0685. The first-order valence-corrected chi connectivity index (χ1v) is 10.0. The van der Waals surface area contributed by atoms with Gasteiger partial charge in [-0.3, -0.25) is 4.79 Å². The molecular formula is C19H26Cl3N3O2S. The molecule has 2 aromatic rings. The number of hydrogen-bond acceptors (Lipinski definition) is 5. The van der Waals surface area contributed by atoms with Gasteiger partial charge in [0.1, 0.15) is 22.2 Å². The zero-order valence-corrected chi connectivity index (χ0v) is 19.1. The number of carbonyl (C=O) groups is 1. The Balaban J connectivity index is 0.00000196. The largest absolute Gasteiger partial charge is 0.486 e. The van der Waals surface area contributed by atoms with Crippen LogP contribution in [-0.4, -0.2) is 34.9 Å². The molecule has 0 spiro atoms. The van der Waals surface area contributed by atoms with Crippen molar-refractivity contribution in [3.63, 3.8) is 0 Å². The zero-order chi connectivity index (χ0) is 18.7. The van der Waals surface area contributed by atoms with Crippen LogP contribution in [0.1, 0.15) is 40.1 Å². The average molecular weight is 467 g/mol. The number of rotatable bonds is 5. The first kappa shape index (κ1) is 25.0. The van der Waals surface area contributed by atoms with Crippen LogP contribution in [0.15, 0.2) is 24.3 Å². The molecule has 1 unspecified atom stereocenters. The summed E-state index contributed by atoms with van der Waals surface area (Å²) in [6.07, 6.45) is 1.93. The number of likely N-dealkylation sites (tertiary alicyclic amines) is 1. The van der Waals surface area contributed by atoms with E-state index < -0.39 is 0 Å². The Labute approximate surface area is 187 Å². The van der Waals surface area contributed by atoms with Crippen LogP contribution in [0.3, 0.4) is 0 Å². The lowest BCUT2D eigenvalue weighted by Gasteiger charge is -2.33. The zero-order valence-electron chi connectivity index (χ0n) is 15.9. The molecule has 1 fully saturated rings. The second-order valence-electron chi connectivity index (χ2n) is 6.75. The van der Waals surface area contributed by atoms with Gasteiger partial charge in [0.05, 0.1) is 5.69 Å². The minimum atomic E-state index is 0. The van der Waals surface area contributed by atoms with Crippen molar-refractivity contribution in [1.82, 2.24) is 9.88 Å². The lowest BCUT2D eigenvalue weighted by atomic mass is 9.91. The van der Waals surface area contributed by atoms with E-state index in [2.05, 4.69) is 4.98 Å². The monoisotopic (exact) mass is 465 g/mol. The van der Waals surface area contributed by atoms with E-state index in [4.69, 9.17) is 22.1 Å². The summed E-state index contributed by atoms with van der Waals surface area (Å²) >= 11 is 7.29. The third kappa shape index (κ3) is 6.22. The molecule has 1 saturated heterocycles. The SMILES string of the molecule is Cc1nc(COc2ccc(Cl)cc2)sc1C(=O)N1CCC(C(C)N)CC1.Cl.Cl. The van der Waals surface area contributed by atoms with Crippen molar-refractivity contribution in [2.45, 2.75) is 39.3 Å². The number of nitrogens with two attached hydrogens (primary N) is 1. The Morgan fingerprint density at radius 1 is 1.32 bits per heavy atom. The standard InChI is InChI=1S/C19H24ClN3O2S.2ClH/c1-12(21)14-7-9-23(10-8-14)19(24)18-13(2)22-17(26-18)11-25-16-5-3-15(20)4-6-16;;/h3-6,12,14H,7-11,21H2,1-2H3;2*1H. The molecule has 1 aliphatic heterocycles. The fourth-order valence-electron chi connectivity index (χ4n) is 3.16. The molecule has 2 N–H and O–H groups in total. The number of benzene rings is 1. The first-order valence-electron chi connectivity index (χ1n) is 8.83. The van der Waals surface area contributed by atoms with Gasteiger partial charge in [0.15, 0.2) is 0 Å². The maximum Gasteiger partial charge on any atom is 0.265 e. The van der Waals surface area contributed by atoms with Crippen LogP contribution < -0.4 is 10.5 Å². The summed E-state index contributed by atoms with van der Waals surface area (Å²) in [7, 11) is 0. The summed E-state index contributed by atoms with van der Waals surface area (Å²) in [5.74, 6) is 1.30. The number of hydrogen-bond donors (Lipinski definition) is 1. The van der Waals surface area contributed by atoms with E-state index in [1.54, 1.807) is 12.1 Å². The van der Waals surface area contributed by atoms with Crippen LogP contribution in [0.2, 0.25) is 5.02 Å². The molecule has 5 nitrogen and oxygen atoms in total. The van der Waals surface area contributed by atoms with Gasteiger partial charge in [-0.15, -0.1) is 36.2 Å². The van der Waals surface area contributed by atoms with Gasteiger partial charge in [0.2, 0.25) is 0 Å². The van der Waals surface area contributed by atoms with Crippen molar-refractivity contribution in [2.24, 2.45) is 11.7 Å². The van der Waals surface area contributed by atoms with Gasteiger partial charge < -0.3 is 15.4 Å².